The number of carbonyl (C=O) groups excluding carboxylic acids is 2. The van der Waals surface area contributed by atoms with Gasteiger partial charge in [0, 0.05) is 0 Å². The van der Waals surface area contributed by atoms with E-state index in [1.54, 1.807) is 13.8 Å². The van der Waals surface area contributed by atoms with Crippen LogP contribution in [0.3, 0.4) is 0 Å². The van der Waals surface area contributed by atoms with Crippen molar-refractivity contribution >= 4 is 12.3 Å². The summed E-state index contributed by atoms with van der Waals surface area (Å²) in [5.41, 5.74) is -0.464. The summed E-state index contributed by atoms with van der Waals surface area (Å²) in [6.07, 6.45) is 1.95. The van der Waals surface area contributed by atoms with Crippen LogP contribution in [0.4, 0.5) is 0 Å². The van der Waals surface area contributed by atoms with E-state index in [1.807, 2.05) is 6.92 Å². The van der Waals surface area contributed by atoms with E-state index in [0.717, 1.165) is 6.42 Å². The van der Waals surface area contributed by atoms with Gasteiger partial charge < -0.3 is 4.74 Å². The maximum Gasteiger partial charge on any atom is 0.314 e. The van der Waals surface area contributed by atoms with Gasteiger partial charge in [0.05, 0.1) is 0 Å². The van der Waals surface area contributed by atoms with Crippen LogP contribution in [0, 0.1) is 0 Å². The van der Waals surface area contributed by atoms with Gasteiger partial charge in [0.1, 0.15) is 12.0 Å². The second-order valence-corrected chi connectivity index (χ2v) is 2.91. The van der Waals surface area contributed by atoms with Crippen molar-refractivity contribution < 1.29 is 14.3 Å². The standard InChI is InChI=1S/C8H13O3/c1-4-8(2,3)11-7(10)5-6-9/h4-5H2,1-3H3. The summed E-state index contributed by atoms with van der Waals surface area (Å²) in [5.74, 6) is -0.508. The van der Waals surface area contributed by atoms with E-state index >= 15 is 0 Å². The van der Waals surface area contributed by atoms with Gasteiger partial charge >= 0.3 is 5.97 Å². The van der Waals surface area contributed by atoms with E-state index in [2.05, 4.69) is 0 Å². The summed E-state index contributed by atoms with van der Waals surface area (Å²) < 4.78 is 4.93. The SMILES string of the molecule is CCC(C)(C)OC(=O)C[C]=O. The van der Waals surface area contributed by atoms with E-state index in [4.69, 9.17) is 4.74 Å². The maximum atomic E-state index is 10.7. The van der Waals surface area contributed by atoms with Crippen LogP contribution in [0.15, 0.2) is 0 Å². The summed E-state index contributed by atoms with van der Waals surface area (Å²) in [4.78, 5) is 20.5. The number of rotatable bonds is 4. The third kappa shape index (κ3) is 4.53. The zero-order valence-electron chi connectivity index (χ0n) is 7.14. The highest BCUT2D eigenvalue weighted by Gasteiger charge is 2.19. The molecule has 0 unspecified atom stereocenters. The lowest BCUT2D eigenvalue weighted by Crippen LogP contribution is -2.26. The monoisotopic (exact) mass is 157 g/mol. The fraction of sp³-hybridized carbons (Fsp3) is 0.750. The molecular formula is C8H13O3. The largest absolute Gasteiger partial charge is 0.459 e. The van der Waals surface area contributed by atoms with Gasteiger partial charge in [-0.1, -0.05) is 6.92 Å². The molecule has 11 heavy (non-hydrogen) atoms. The molecule has 0 atom stereocenters. The minimum atomic E-state index is -0.508. The van der Waals surface area contributed by atoms with Crippen molar-refractivity contribution in [2.45, 2.75) is 39.2 Å². The molecule has 0 aliphatic carbocycles. The number of hydrogen-bond acceptors (Lipinski definition) is 3. The average molecular weight is 157 g/mol. The zero-order valence-corrected chi connectivity index (χ0v) is 7.14. The molecule has 0 fully saturated rings. The first-order valence-corrected chi connectivity index (χ1v) is 3.58. The molecule has 0 heterocycles. The zero-order chi connectivity index (χ0) is 8.91. The van der Waals surface area contributed by atoms with Crippen molar-refractivity contribution in [2.24, 2.45) is 0 Å². The molecule has 0 saturated carbocycles. The molecule has 3 nitrogen and oxygen atoms in total. The van der Waals surface area contributed by atoms with E-state index in [-0.39, 0.29) is 6.42 Å². The third-order valence-electron chi connectivity index (χ3n) is 1.46. The van der Waals surface area contributed by atoms with Gasteiger partial charge in [0.15, 0.2) is 0 Å². The smallest absolute Gasteiger partial charge is 0.314 e. The van der Waals surface area contributed by atoms with Crippen LogP contribution < -0.4 is 0 Å². The van der Waals surface area contributed by atoms with E-state index in [0.29, 0.717) is 0 Å². The van der Waals surface area contributed by atoms with Crippen molar-refractivity contribution in [3.63, 3.8) is 0 Å². The Morgan fingerprint density at radius 2 is 2.09 bits per heavy atom. The molecule has 0 amide bonds. The maximum absolute atomic E-state index is 10.7. The number of esters is 1. The van der Waals surface area contributed by atoms with Crippen LogP contribution in [0.25, 0.3) is 0 Å². The predicted octanol–water partition coefficient (Wildman–Crippen LogP) is 1.22. The molecule has 63 valence electrons. The van der Waals surface area contributed by atoms with Gasteiger partial charge in [-0.05, 0) is 20.3 Å². The number of carbonyl (C=O) groups is 1. The molecule has 0 aliphatic rings. The van der Waals surface area contributed by atoms with Gasteiger partial charge in [-0.3, -0.25) is 9.59 Å². The highest BCUT2D eigenvalue weighted by atomic mass is 16.6. The molecular weight excluding hydrogens is 144 g/mol. The Kier molecular flexibility index (Phi) is 3.79. The molecule has 0 aromatic carbocycles. The molecule has 0 rings (SSSR count). The topological polar surface area (TPSA) is 43.4 Å². The van der Waals surface area contributed by atoms with Gasteiger partial charge in [0.2, 0.25) is 6.29 Å². The lowest BCUT2D eigenvalue weighted by molar-refractivity contribution is -0.155. The van der Waals surface area contributed by atoms with Crippen molar-refractivity contribution in [3.05, 3.63) is 0 Å². The fourth-order valence-electron chi connectivity index (χ4n) is 0.475. The summed E-state index contributed by atoms with van der Waals surface area (Å²) in [7, 11) is 0. The van der Waals surface area contributed by atoms with Gasteiger partial charge in [-0.25, -0.2) is 0 Å². The molecule has 0 aliphatic heterocycles. The molecule has 0 saturated heterocycles. The molecule has 1 radical (unpaired) electrons. The van der Waals surface area contributed by atoms with Crippen molar-refractivity contribution in [2.75, 3.05) is 0 Å². The van der Waals surface area contributed by atoms with Crippen LogP contribution in [0.5, 0.6) is 0 Å². The molecule has 0 aromatic heterocycles. The first kappa shape index (κ1) is 10.1. The Morgan fingerprint density at radius 1 is 1.55 bits per heavy atom. The first-order valence-electron chi connectivity index (χ1n) is 3.58. The highest BCUT2D eigenvalue weighted by molar-refractivity contribution is 5.84. The highest BCUT2D eigenvalue weighted by Crippen LogP contribution is 2.13. The second kappa shape index (κ2) is 4.11. The van der Waals surface area contributed by atoms with Gasteiger partial charge in [0.25, 0.3) is 0 Å². The minimum absolute atomic E-state index is 0.274. The normalized spacial score (nSPS) is 10.8. The Morgan fingerprint density at radius 3 is 2.45 bits per heavy atom. The molecule has 0 N–H and O–H groups in total. The summed E-state index contributed by atoms with van der Waals surface area (Å²) >= 11 is 0. The minimum Gasteiger partial charge on any atom is -0.459 e. The van der Waals surface area contributed by atoms with Crippen molar-refractivity contribution in [1.29, 1.82) is 0 Å². The van der Waals surface area contributed by atoms with E-state index < -0.39 is 11.6 Å². The van der Waals surface area contributed by atoms with Gasteiger partial charge in [-0.15, -0.1) is 0 Å². The van der Waals surface area contributed by atoms with Crippen LogP contribution in [0.2, 0.25) is 0 Å². The number of hydrogen-bond donors (Lipinski definition) is 0. The summed E-state index contributed by atoms with van der Waals surface area (Å²) in [5, 5.41) is 0. The second-order valence-electron chi connectivity index (χ2n) is 2.91. The van der Waals surface area contributed by atoms with Crippen LogP contribution >= 0.6 is 0 Å². The Bertz CT molecular complexity index is 149. The summed E-state index contributed by atoms with van der Waals surface area (Å²) in [6, 6.07) is 0. The van der Waals surface area contributed by atoms with Crippen molar-refractivity contribution in [1.82, 2.24) is 0 Å². The van der Waals surface area contributed by atoms with E-state index in [9.17, 15) is 9.59 Å². The molecule has 0 spiro atoms. The predicted molar refractivity (Wildman–Crippen MR) is 40.8 cm³/mol. The first-order chi connectivity index (χ1) is 5.02. The third-order valence-corrected chi connectivity index (χ3v) is 1.46. The Hall–Kier alpha value is -0.860. The Balaban J connectivity index is 3.82. The molecule has 0 bridgehead atoms. The average Bonchev–Trinajstić information content (AvgIpc) is 1.87. The fourth-order valence-corrected chi connectivity index (χ4v) is 0.475. The van der Waals surface area contributed by atoms with Crippen LogP contribution in [-0.2, 0) is 14.3 Å². The van der Waals surface area contributed by atoms with E-state index in [1.165, 1.54) is 6.29 Å². The van der Waals surface area contributed by atoms with Crippen LogP contribution in [0.1, 0.15) is 33.6 Å². The van der Waals surface area contributed by atoms with Crippen LogP contribution in [-0.4, -0.2) is 17.9 Å². The molecule has 3 heteroatoms. The number of ether oxygens (including phenoxy) is 1. The molecule has 0 aromatic rings. The van der Waals surface area contributed by atoms with Crippen molar-refractivity contribution in [3.8, 4) is 0 Å². The summed E-state index contributed by atoms with van der Waals surface area (Å²) in [6.45, 7) is 5.52. The lowest BCUT2D eigenvalue weighted by atomic mass is 10.1. The lowest BCUT2D eigenvalue weighted by Gasteiger charge is -2.22. The quantitative estimate of drug-likeness (QED) is 0.455. The van der Waals surface area contributed by atoms with Gasteiger partial charge in [-0.2, -0.15) is 0 Å². The Labute approximate surface area is 66.7 Å².